The summed E-state index contributed by atoms with van der Waals surface area (Å²) in [6.07, 6.45) is 0. The molecule has 1 N–H and O–H groups in total. The van der Waals surface area contributed by atoms with E-state index >= 15 is 0 Å². The maximum Gasteiger partial charge on any atom is 0.282 e. The number of carbonyl (C=O) groups excluding carboxylic acids is 2. The van der Waals surface area contributed by atoms with Gasteiger partial charge in [0.05, 0.1) is 11.3 Å². The highest BCUT2D eigenvalue weighted by Gasteiger charge is 2.40. The summed E-state index contributed by atoms with van der Waals surface area (Å²) in [5.41, 5.74) is 2.59. The highest BCUT2D eigenvalue weighted by Crippen LogP contribution is 2.35. The molecule has 1 aliphatic rings. The molecule has 0 spiro atoms. The molecule has 0 aromatic heterocycles. The summed E-state index contributed by atoms with van der Waals surface area (Å²) in [6.45, 7) is 3.71. The molecule has 7 heteroatoms. The van der Waals surface area contributed by atoms with Crippen molar-refractivity contribution in [3.05, 3.63) is 101 Å². The molecule has 31 heavy (non-hydrogen) atoms. The van der Waals surface area contributed by atoms with Crippen molar-refractivity contribution in [2.75, 3.05) is 10.2 Å². The molecule has 0 radical (unpaired) electrons. The number of amides is 2. The second-order valence-corrected chi connectivity index (χ2v) is 7.24. The first-order chi connectivity index (χ1) is 14.8. The lowest BCUT2D eigenvalue weighted by molar-refractivity contribution is -0.120. The van der Waals surface area contributed by atoms with E-state index in [1.54, 1.807) is 6.07 Å². The van der Waals surface area contributed by atoms with Crippen LogP contribution in [0.25, 0.3) is 5.57 Å². The summed E-state index contributed by atoms with van der Waals surface area (Å²) in [5.74, 6) is -3.92. The smallest absolute Gasteiger partial charge is 0.282 e. The van der Waals surface area contributed by atoms with Crippen molar-refractivity contribution in [3.63, 3.8) is 0 Å². The van der Waals surface area contributed by atoms with Crippen LogP contribution < -0.4 is 10.2 Å². The molecule has 0 bridgehead atoms. The molecule has 0 atom stereocenters. The molecule has 0 aliphatic carbocycles. The molecule has 2 amide bonds. The number of hydrogen-bond acceptors (Lipinski definition) is 3. The number of aryl methyl sites for hydroxylation is 2. The fourth-order valence-electron chi connectivity index (χ4n) is 3.53. The zero-order chi connectivity index (χ0) is 22.3. The van der Waals surface area contributed by atoms with Crippen LogP contribution in [0.2, 0.25) is 0 Å². The van der Waals surface area contributed by atoms with Gasteiger partial charge in [0, 0.05) is 11.8 Å². The predicted octanol–water partition coefficient (Wildman–Crippen LogP) is 5.12. The lowest BCUT2D eigenvalue weighted by Gasteiger charge is -2.15. The summed E-state index contributed by atoms with van der Waals surface area (Å²) >= 11 is 0. The molecule has 156 valence electrons. The average molecular weight is 422 g/mol. The van der Waals surface area contributed by atoms with Gasteiger partial charge in [-0.05, 0) is 61.4 Å². The van der Waals surface area contributed by atoms with E-state index in [1.807, 2.05) is 26.0 Å². The largest absolute Gasteiger partial charge is 0.350 e. The predicted molar refractivity (Wildman–Crippen MR) is 112 cm³/mol. The fraction of sp³-hybridized carbons (Fsp3) is 0.0833. The summed E-state index contributed by atoms with van der Waals surface area (Å²) in [4.78, 5) is 27.5. The Morgan fingerprint density at radius 1 is 0.774 bits per heavy atom. The van der Waals surface area contributed by atoms with E-state index in [0.717, 1.165) is 40.3 Å². The van der Waals surface area contributed by atoms with Crippen LogP contribution in [0, 0.1) is 31.3 Å². The van der Waals surface area contributed by atoms with Crippen LogP contribution in [0.4, 0.5) is 24.5 Å². The first kappa shape index (κ1) is 20.4. The lowest BCUT2D eigenvalue weighted by Crippen LogP contribution is -2.32. The number of nitrogens with one attached hydrogen (secondary N) is 1. The molecule has 3 aromatic rings. The van der Waals surface area contributed by atoms with Gasteiger partial charge in [0.25, 0.3) is 11.8 Å². The number of imide groups is 1. The third-order valence-electron chi connectivity index (χ3n) is 5.01. The first-order valence-corrected chi connectivity index (χ1v) is 9.44. The van der Waals surface area contributed by atoms with E-state index in [0.29, 0.717) is 5.56 Å². The van der Waals surface area contributed by atoms with Crippen LogP contribution in [-0.2, 0) is 9.59 Å². The molecule has 3 aromatic carbocycles. The minimum absolute atomic E-state index is 0.0766. The van der Waals surface area contributed by atoms with Crippen LogP contribution in [0.1, 0.15) is 16.7 Å². The minimum atomic E-state index is -1.09. The van der Waals surface area contributed by atoms with Crippen molar-refractivity contribution < 1.29 is 22.8 Å². The fourth-order valence-corrected chi connectivity index (χ4v) is 3.53. The van der Waals surface area contributed by atoms with Crippen molar-refractivity contribution in [1.82, 2.24) is 0 Å². The second-order valence-electron chi connectivity index (χ2n) is 7.24. The topological polar surface area (TPSA) is 49.4 Å². The van der Waals surface area contributed by atoms with Crippen molar-refractivity contribution in [1.29, 1.82) is 0 Å². The number of nitrogens with zero attached hydrogens (tertiary/aromatic N) is 1. The molecule has 1 aliphatic heterocycles. The van der Waals surface area contributed by atoms with Gasteiger partial charge in [0.15, 0.2) is 11.6 Å². The van der Waals surface area contributed by atoms with Gasteiger partial charge in [-0.3, -0.25) is 9.59 Å². The van der Waals surface area contributed by atoms with Crippen LogP contribution in [0.5, 0.6) is 0 Å². The Labute approximate surface area is 176 Å². The van der Waals surface area contributed by atoms with Gasteiger partial charge >= 0.3 is 0 Å². The van der Waals surface area contributed by atoms with E-state index in [4.69, 9.17) is 0 Å². The summed E-state index contributed by atoms with van der Waals surface area (Å²) in [5, 5.41) is 2.78. The maximum absolute atomic E-state index is 13.7. The quantitative estimate of drug-likeness (QED) is 0.594. The zero-order valence-electron chi connectivity index (χ0n) is 16.7. The molecule has 0 saturated carbocycles. The van der Waals surface area contributed by atoms with E-state index in [9.17, 15) is 22.8 Å². The van der Waals surface area contributed by atoms with E-state index < -0.39 is 29.3 Å². The summed E-state index contributed by atoms with van der Waals surface area (Å²) in [6, 6.07) is 13.4. The van der Waals surface area contributed by atoms with Gasteiger partial charge in [-0.2, -0.15) is 0 Å². The van der Waals surface area contributed by atoms with Gasteiger partial charge in [-0.25, -0.2) is 18.1 Å². The SMILES string of the molecule is Cc1ccc(C2=C(Nc3ccc(F)c(F)c3)C(=O)N(c3ccc(F)cc3)C2=O)c(C)c1. The number of halogens is 3. The van der Waals surface area contributed by atoms with E-state index in [1.165, 1.54) is 18.2 Å². The van der Waals surface area contributed by atoms with Gasteiger partial charge in [-0.15, -0.1) is 0 Å². The minimum Gasteiger partial charge on any atom is -0.350 e. The highest BCUT2D eigenvalue weighted by atomic mass is 19.2. The monoisotopic (exact) mass is 422 g/mol. The van der Waals surface area contributed by atoms with Gasteiger partial charge < -0.3 is 5.32 Å². The standard InChI is InChI=1S/C24H17F3N2O2/c1-13-3-9-18(14(2)11-13)21-22(28-16-6-10-19(26)20(27)12-16)24(31)29(23(21)30)17-7-4-15(25)5-8-17/h3-12,28H,1-2H3. The Morgan fingerprint density at radius 2 is 1.48 bits per heavy atom. The van der Waals surface area contributed by atoms with Crippen molar-refractivity contribution >= 4 is 28.8 Å². The van der Waals surface area contributed by atoms with Gasteiger partial charge in [-0.1, -0.05) is 23.8 Å². The summed E-state index contributed by atoms with van der Waals surface area (Å²) < 4.78 is 40.4. The zero-order valence-corrected chi connectivity index (χ0v) is 16.7. The Balaban J connectivity index is 1.85. The Morgan fingerprint density at radius 3 is 2.13 bits per heavy atom. The van der Waals surface area contributed by atoms with E-state index in [2.05, 4.69) is 5.32 Å². The second kappa shape index (κ2) is 7.75. The normalized spacial score (nSPS) is 13.9. The molecule has 0 fully saturated rings. The molecule has 0 saturated heterocycles. The highest BCUT2D eigenvalue weighted by molar-refractivity contribution is 6.46. The Kier molecular flexibility index (Phi) is 5.10. The maximum atomic E-state index is 13.7. The number of hydrogen-bond donors (Lipinski definition) is 1. The van der Waals surface area contributed by atoms with Gasteiger partial charge in [0.2, 0.25) is 0 Å². The third-order valence-corrected chi connectivity index (χ3v) is 5.01. The van der Waals surface area contributed by atoms with Crippen LogP contribution in [0.15, 0.2) is 66.4 Å². The number of carbonyl (C=O) groups is 2. The first-order valence-electron chi connectivity index (χ1n) is 9.44. The molecule has 4 nitrogen and oxygen atoms in total. The molecule has 1 heterocycles. The van der Waals surface area contributed by atoms with Gasteiger partial charge in [0.1, 0.15) is 11.5 Å². The molecule has 0 unspecified atom stereocenters. The van der Waals surface area contributed by atoms with E-state index in [-0.39, 0.29) is 22.6 Å². The van der Waals surface area contributed by atoms with Crippen LogP contribution in [0.3, 0.4) is 0 Å². The number of benzene rings is 3. The Bertz CT molecular complexity index is 1250. The van der Waals surface area contributed by atoms with Crippen molar-refractivity contribution in [3.8, 4) is 0 Å². The van der Waals surface area contributed by atoms with Crippen molar-refractivity contribution in [2.45, 2.75) is 13.8 Å². The number of rotatable bonds is 4. The Hall–Kier alpha value is -3.87. The molecular weight excluding hydrogens is 405 g/mol. The number of anilines is 2. The summed E-state index contributed by atoms with van der Waals surface area (Å²) in [7, 11) is 0. The molecule has 4 rings (SSSR count). The average Bonchev–Trinajstić information content (AvgIpc) is 2.96. The third kappa shape index (κ3) is 3.70. The van der Waals surface area contributed by atoms with Crippen molar-refractivity contribution in [2.24, 2.45) is 0 Å². The van der Waals surface area contributed by atoms with Crippen LogP contribution in [-0.4, -0.2) is 11.8 Å². The van der Waals surface area contributed by atoms with Crippen LogP contribution >= 0.6 is 0 Å². The molecular formula is C24H17F3N2O2. The lowest BCUT2D eigenvalue weighted by atomic mass is 9.97.